The van der Waals surface area contributed by atoms with Crippen LogP contribution in [0.4, 0.5) is 4.79 Å². The van der Waals surface area contributed by atoms with Crippen LogP contribution in [-0.4, -0.2) is 54.3 Å². The average molecular weight is 275 g/mol. The number of carboxylic acids is 1. The second-order valence-corrected chi connectivity index (χ2v) is 3.99. The van der Waals surface area contributed by atoms with Crippen LogP contribution in [0, 0.1) is 5.92 Å². The number of esters is 1. The second-order valence-electron chi connectivity index (χ2n) is 3.99. The molecule has 0 saturated carbocycles. The standard InChI is InChI=1S/C12H21NO6/c1-5-9(11(16)19-6-2)7-13(12(17)18-4)8(3)10(14)15/h8-9H,5-7H2,1-4H3,(H,14,15)/t8-,9?/m0/s1. The molecule has 0 aromatic carbocycles. The zero-order valence-electron chi connectivity index (χ0n) is 11.7. The predicted octanol–water partition coefficient (Wildman–Crippen LogP) is 1.12. The van der Waals surface area contributed by atoms with Crippen LogP contribution >= 0.6 is 0 Å². The van der Waals surface area contributed by atoms with E-state index in [-0.39, 0.29) is 13.2 Å². The lowest BCUT2D eigenvalue weighted by Gasteiger charge is -2.28. The van der Waals surface area contributed by atoms with E-state index in [9.17, 15) is 14.4 Å². The Morgan fingerprint density at radius 1 is 1.26 bits per heavy atom. The van der Waals surface area contributed by atoms with E-state index in [2.05, 4.69) is 4.74 Å². The minimum Gasteiger partial charge on any atom is -0.480 e. The fourth-order valence-electron chi connectivity index (χ4n) is 1.51. The van der Waals surface area contributed by atoms with Gasteiger partial charge >= 0.3 is 18.0 Å². The van der Waals surface area contributed by atoms with E-state index < -0.39 is 30.0 Å². The van der Waals surface area contributed by atoms with Gasteiger partial charge in [0.1, 0.15) is 6.04 Å². The Hall–Kier alpha value is -1.79. The fraction of sp³-hybridized carbons (Fsp3) is 0.750. The molecule has 0 fully saturated rings. The van der Waals surface area contributed by atoms with Gasteiger partial charge < -0.3 is 14.6 Å². The maximum atomic E-state index is 11.7. The number of carbonyl (C=O) groups excluding carboxylic acids is 2. The van der Waals surface area contributed by atoms with Gasteiger partial charge in [0.2, 0.25) is 0 Å². The molecule has 0 saturated heterocycles. The van der Waals surface area contributed by atoms with Crippen molar-refractivity contribution >= 4 is 18.0 Å². The highest BCUT2D eigenvalue weighted by Crippen LogP contribution is 2.12. The van der Waals surface area contributed by atoms with E-state index >= 15 is 0 Å². The molecular formula is C12H21NO6. The molecule has 7 heteroatoms. The van der Waals surface area contributed by atoms with Gasteiger partial charge in [-0.25, -0.2) is 9.59 Å². The highest BCUT2D eigenvalue weighted by Gasteiger charge is 2.31. The Labute approximate surface area is 112 Å². The molecule has 1 unspecified atom stereocenters. The third-order valence-corrected chi connectivity index (χ3v) is 2.76. The molecule has 1 N–H and O–H groups in total. The molecule has 0 aliphatic rings. The van der Waals surface area contributed by atoms with Crippen molar-refractivity contribution in [1.29, 1.82) is 0 Å². The first-order valence-electron chi connectivity index (χ1n) is 6.12. The maximum absolute atomic E-state index is 11.7. The van der Waals surface area contributed by atoms with Crippen LogP contribution in [0.5, 0.6) is 0 Å². The summed E-state index contributed by atoms with van der Waals surface area (Å²) in [5, 5.41) is 8.96. The van der Waals surface area contributed by atoms with Crippen molar-refractivity contribution in [1.82, 2.24) is 4.90 Å². The summed E-state index contributed by atoms with van der Waals surface area (Å²) in [6.45, 7) is 5.00. The number of hydrogen-bond acceptors (Lipinski definition) is 5. The molecule has 0 aromatic rings. The summed E-state index contributed by atoms with van der Waals surface area (Å²) in [5.41, 5.74) is 0. The van der Waals surface area contributed by atoms with E-state index in [1.807, 2.05) is 0 Å². The van der Waals surface area contributed by atoms with Crippen molar-refractivity contribution < 1.29 is 29.0 Å². The number of methoxy groups -OCH3 is 1. The lowest BCUT2D eigenvalue weighted by atomic mass is 10.1. The number of carbonyl (C=O) groups is 3. The predicted molar refractivity (Wildman–Crippen MR) is 66.6 cm³/mol. The smallest absolute Gasteiger partial charge is 0.410 e. The minimum atomic E-state index is -1.16. The summed E-state index contributed by atoms with van der Waals surface area (Å²) < 4.78 is 9.42. The maximum Gasteiger partial charge on any atom is 0.410 e. The van der Waals surface area contributed by atoms with E-state index in [0.717, 1.165) is 12.0 Å². The first-order valence-corrected chi connectivity index (χ1v) is 6.12. The van der Waals surface area contributed by atoms with E-state index in [1.165, 1.54) is 6.92 Å². The molecule has 19 heavy (non-hydrogen) atoms. The van der Waals surface area contributed by atoms with Crippen LogP contribution in [0.3, 0.4) is 0 Å². The number of nitrogens with zero attached hydrogens (tertiary/aromatic N) is 1. The molecule has 7 nitrogen and oxygen atoms in total. The van der Waals surface area contributed by atoms with Gasteiger partial charge in [-0.2, -0.15) is 0 Å². The summed E-state index contributed by atoms with van der Waals surface area (Å²) in [5.74, 6) is -2.18. The van der Waals surface area contributed by atoms with Crippen molar-refractivity contribution in [2.24, 2.45) is 5.92 Å². The van der Waals surface area contributed by atoms with E-state index in [0.29, 0.717) is 6.42 Å². The molecule has 0 aliphatic heterocycles. The highest BCUT2D eigenvalue weighted by molar-refractivity contribution is 5.80. The molecular weight excluding hydrogens is 254 g/mol. The van der Waals surface area contributed by atoms with Crippen LogP contribution in [0.25, 0.3) is 0 Å². The first-order chi connectivity index (χ1) is 8.88. The molecule has 0 rings (SSSR count). The van der Waals surface area contributed by atoms with Gasteiger partial charge in [0, 0.05) is 6.54 Å². The summed E-state index contributed by atoms with van der Waals surface area (Å²) >= 11 is 0. The quantitative estimate of drug-likeness (QED) is 0.700. The number of carboxylic acid groups (broad SMARTS) is 1. The average Bonchev–Trinajstić information content (AvgIpc) is 2.38. The fourth-order valence-corrected chi connectivity index (χ4v) is 1.51. The summed E-state index contributed by atoms with van der Waals surface area (Å²) in [7, 11) is 1.16. The number of ether oxygens (including phenoxy) is 2. The molecule has 0 spiro atoms. The number of hydrogen-bond donors (Lipinski definition) is 1. The molecule has 0 aliphatic carbocycles. The summed E-state index contributed by atoms with van der Waals surface area (Å²) in [4.78, 5) is 35.2. The summed E-state index contributed by atoms with van der Waals surface area (Å²) in [6.07, 6.45) is -0.337. The van der Waals surface area contributed by atoms with Crippen LogP contribution in [0.15, 0.2) is 0 Å². The van der Waals surface area contributed by atoms with Gasteiger partial charge in [0.05, 0.1) is 19.6 Å². The Morgan fingerprint density at radius 3 is 2.21 bits per heavy atom. The topological polar surface area (TPSA) is 93.1 Å². The Balaban J connectivity index is 4.92. The third kappa shape index (κ3) is 5.15. The van der Waals surface area contributed by atoms with Crippen molar-refractivity contribution in [3.63, 3.8) is 0 Å². The largest absolute Gasteiger partial charge is 0.480 e. The van der Waals surface area contributed by atoms with Gasteiger partial charge in [0.15, 0.2) is 0 Å². The SMILES string of the molecule is CCOC(=O)C(CC)CN(C(=O)OC)[C@@H](C)C(=O)O. The lowest BCUT2D eigenvalue weighted by molar-refractivity contribution is -0.150. The van der Waals surface area contributed by atoms with Crippen LogP contribution in [-0.2, 0) is 19.1 Å². The molecule has 1 amide bonds. The van der Waals surface area contributed by atoms with E-state index in [1.54, 1.807) is 13.8 Å². The normalized spacial score (nSPS) is 13.3. The van der Waals surface area contributed by atoms with Gasteiger partial charge in [-0.15, -0.1) is 0 Å². The Morgan fingerprint density at radius 2 is 1.84 bits per heavy atom. The molecule has 0 aromatic heterocycles. The number of rotatable bonds is 7. The Kier molecular flexibility index (Phi) is 7.55. The van der Waals surface area contributed by atoms with Crippen molar-refractivity contribution in [3.8, 4) is 0 Å². The molecule has 0 radical (unpaired) electrons. The molecule has 0 heterocycles. The van der Waals surface area contributed by atoms with Crippen LogP contribution in [0.2, 0.25) is 0 Å². The highest BCUT2D eigenvalue weighted by atomic mass is 16.5. The van der Waals surface area contributed by atoms with E-state index in [4.69, 9.17) is 9.84 Å². The first kappa shape index (κ1) is 17.2. The number of aliphatic carboxylic acids is 1. The van der Waals surface area contributed by atoms with Gasteiger partial charge in [-0.3, -0.25) is 9.69 Å². The summed E-state index contributed by atoms with van der Waals surface area (Å²) in [6, 6.07) is -1.07. The Bertz CT molecular complexity index is 330. The van der Waals surface area contributed by atoms with Crippen molar-refractivity contribution in [2.75, 3.05) is 20.3 Å². The monoisotopic (exact) mass is 275 g/mol. The van der Waals surface area contributed by atoms with Crippen molar-refractivity contribution in [3.05, 3.63) is 0 Å². The zero-order valence-corrected chi connectivity index (χ0v) is 11.7. The van der Waals surface area contributed by atoms with Gasteiger partial charge in [0.25, 0.3) is 0 Å². The molecule has 110 valence electrons. The lowest BCUT2D eigenvalue weighted by Crippen LogP contribution is -2.47. The molecule has 0 bridgehead atoms. The molecule has 2 atom stereocenters. The second kappa shape index (κ2) is 8.34. The van der Waals surface area contributed by atoms with Gasteiger partial charge in [-0.05, 0) is 20.3 Å². The minimum absolute atomic E-state index is 0.0462. The van der Waals surface area contributed by atoms with Crippen LogP contribution < -0.4 is 0 Å². The zero-order chi connectivity index (χ0) is 15.0. The third-order valence-electron chi connectivity index (χ3n) is 2.76. The van der Waals surface area contributed by atoms with Gasteiger partial charge in [-0.1, -0.05) is 6.92 Å². The van der Waals surface area contributed by atoms with Crippen LogP contribution in [0.1, 0.15) is 27.2 Å². The van der Waals surface area contributed by atoms with Crippen molar-refractivity contribution in [2.45, 2.75) is 33.2 Å². The number of amides is 1.